The highest BCUT2D eigenvalue weighted by molar-refractivity contribution is 6.15. The first-order valence-electron chi connectivity index (χ1n) is 6.51. The van der Waals surface area contributed by atoms with Crippen molar-refractivity contribution < 1.29 is 4.79 Å². The number of fused-ring (bicyclic) bond motifs is 1. The van der Waals surface area contributed by atoms with E-state index in [1.807, 2.05) is 54.9 Å². The summed E-state index contributed by atoms with van der Waals surface area (Å²) in [6.45, 7) is 1.96. The molecule has 0 radical (unpaired) electrons. The number of carbonyl (C=O) groups is 1. The number of hydrogen-bond acceptors (Lipinski definition) is 2. The highest BCUT2D eigenvalue weighted by atomic mass is 16.1. The molecule has 0 bridgehead atoms. The first-order valence-corrected chi connectivity index (χ1v) is 6.51. The number of benzene rings is 1. The molecule has 0 saturated carbocycles. The van der Waals surface area contributed by atoms with E-state index in [0.29, 0.717) is 12.1 Å². The van der Waals surface area contributed by atoms with Crippen molar-refractivity contribution in [2.24, 2.45) is 7.05 Å². The Labute approximate surface area is 117 Å². The van der Waals surface area contributed by atoms with Gasteiger partial charge in [0, 0.05) is 30.3 Å². The number of nitriles is 1. The molecule has 0 N–H and O–H groups in total. The van der Waals surface area contributed by atoms with E-state index in [0.717, 1.165) is 28.0 Å². The molecule has 0 aliphatic heterocycles. The monoisotopic (exact) mass is 262 g/mol. The summed E-state index contributed by atoms with van der Waals surface area (Å²) in [6.07, 6.45) is 2.59. The van der Waals surface area contributed by atoms with Gasteiger partial charge in [-0.3, -0.25) is 4.79 Å². The Morgan fingerprint density at radius 3 is 2.75 bits per heavy atom. The fraction of sp³-hybridized carbons (Fsp3) is 0.176. The van der Waals surface area contributed by atoms with Gasteiger partial charge in [0.1, 0.15) is 11.8 Å². The summed E-state index contributed by atoms with van der Waals surface area (Å²) in [5.74, 6) is 0.0994. The van der Waals surface area contributed by atoms with E-state index >= 15 is 0 Å². The maximum absolute atomic E-state index is 12.3. The molecule has 20 heavy (non-hydrogen) atoms. The van der Waals surface area contributed by atoms with Crippen LogP contribution in [0.25, 0.3) is 6.08 Å². The lowest BCUT2D eigenvalue weighted by molar-refractivity contribution is 0.104. The molecule has 0 saturated heterocycles. The van der Waals surface area contributed by atoms with Crippen LogP contribution in [-0.4, -0.2) is 10.4 Å². The van der Waals surface area contributed by atoms with Crippen LogP contribution in [0.4, 0.5) is 0 Å². The van der Waals surface area contributed by atoms with E-state index in [1.54, 1.807) is 0 Å². The van der Waals surface area contributed by atoms with Crippen LogP contribution in [0.15, 0.2) is 35.9 Å². The number of Topliss-reactive ketones (excluding diaryl/α,β-unsaturated/α-hetero) is 1. The zero-order chi connectivity index (χ0) is 14.3. The number of rotatable bonds is 1. The minimum Gasteiger partial charge on any atom is -0.339 e. The maximum Gasteiger partial charge on any atom is 0.189 e. The van der Waals surface area contributed by atoms with Gasteiger partial charge in [0.25, 0.3) is 0 Å². The van der Waals surface area contributed by atoms with Crippen LogP contribution in [0.1, 0.15) is 32.9 Å². The Morgan fingerprint density at radius 2 is 2.10 bits per heavy atom. The van der Waals surface area contributed by atoms with Gasteiger partial charge in [-0.2, -0.15) is 5.26 Å². The fourth-order valence-corrected chi connectivity index (χ4v) is 2.63. The third-order valence-electron chi connectivity index (χ3n) is 3.95. The number of nitrogens with zero attached hydrogens (tertiary/aromatic N) is 2. The fourth-order valence-electron chi connectivity index (χ4n) is 2.63. The molecular weight excluding hydrogens is 248 g/mol. The SMILES string of the molecule is Cc1c(/C=C2\Cc3ccccc3C2=O)cc(C#N)n1C. The van der Waals surface area contributed by atoms with Crippen molar-refractivity contribution in [1.29, 1.82) is 5.26 Å². The van der Waals surface area contributed by atoms with Crippen LogP contribution < -0.4 is 0 Å². The average molecular weight is 262 g/mol. The zero-order valence-electron chi connectivity index (χ0n) is 11.5. The topological polar surface area (TPSA) is 45.8 Å². The van der Waals surface area contributed by atoms with E-state index in [-0.39, 0.29) is 5.78 Å². The van der Waals surface area contributed by atoms with Gasteiger partial charge in [0.15, 0.2) is 5.78 Å². The number of carbonyl (C=O) groups excluding carboxylic acids is 1. The maximum atomic E-state index is 12.3. The van der Waals surface area contributed by atoms with Gasteiger partial charge in [0.2, 0.25) is 0 Å². The van der Waals surface area contributed by atoms with Crippen LogP contribution in [-0.2, 0) is 13.5 Å². The molecule has 0 amide bonds. The third-order valence-corrected chi connectivity index (χ3v) is 3.95. The summed E-state index contributed by atoms with van der Waals surface area (Å²) in [4.78, 5) is 12.3. The zero-order valence-corrected chi connectivity index (χ0v) is 11.5. The highest BCUT2D eigenvalue weighted by Crippen LogP contribution is 2.28. The molecular formula is C17H14N2O. The lowest BCUT2D eigenvalue weighted by Crippen LogP contribution is -1.96. The second-order valence-electron chi connectivity index (χ2n) is 5.07. The lowest BCUT2D eigenvalue weighted by Gasteiger charge is -1.99. The predicted molar refractivity (Wildman–Crippen MR) is 77.3 cm³/mol. The van der Waals surface area contributed by atoms with Gasteiger partial charge < -0.3 is 4.57 Å². The Bertz CT molecular complexity index is 788. The highest BCUT2D eigenvalue weighted by Gasteiger charge is 2.24. The van der Waals surface area contributed by atoms with Crippen LogP contribution >= 0.6 is 0 Å². The van der Waals surface area contributed by atoms with Crippen LogP contribution in [0.5, 0.6) is 0 Å². The molecule has 3 heteroatoms. The molecule has 0 fully saturated rings. The van der Waals surface area contributed by atoms with Crippen LogP contribution in [0, 0.1) is 18.3 Å². The van der Waals surface area contributed by atoms with Crippen molar-refractivity contribution in [3.8, 4) is 6.07 Å². The van der Waals surface area contributed by atoms with Gasteiger partial charge in [-0.25, -0.2) is 0 Å². The number of hydrogen-bond donors (Lipinski definition) is 0. The molecule has 0 atom stereocenters. The third kappa shape index (κ3) is 1.78. The second-order valence-corrected chi connectivity index (χ2v) is 5.07. The molecule has 3 rings (SSSR count). The van der Waals surface area contributed by atoms with Gasteiger partial charge >= 0.3 is 0 Å². The average Bonchev–Trinajstić information content (AvgIpc) is 2.92. The summed E-state index contributed by atoms with van der Waals surface area (Å²) in [5.41, 5.74) is 5.23. The second kappa shape index (κ2) is 4.50. The molecule has 98 valence electrons. The number of aromatic nitrogens is 1. The van der Waals surface area contributed by atoms with Crippen molar-refractivity contribution in [1.82, 2.24) is 4.57 Å². The van der Waals surface area contributed by atoms with Crippen molar-refractivity contribution >= 4 is 11.9 Å². The molecule has 2 aromatic rings. The summed E-state index contributed by atoms with van der Waals surface area (Å²) >= 11 is 0. The molecule has 1 aliphatic carbocycles. The van der Waals surface area contributed by atoms with Crippen LogP contribution in [0.2, 0.25) is 0 Å². The van der Waals surface area contributed by atoms with E-state index in [1.165, 1.54) is 0 Å². The molecule has 1 aromatic carbocycles. The van der Waals surface area contributed by atoms with Gasteiger partial charge in [-0.1, -0.05) is 24.3 Å². The normalized spacial score (nSPS) is 15.4. The Kier molecular flexibility index (Phi) is 2.80. The van der Waals surface area contributed by atoms with Crippen molar-refractivity contribution in [3.05, 3.63) is 64.0 Å². The van der Waals surface area contributed by atoms with Crippen molar-refractivity contribution in [2.75, 3.05) is 0 Å². The van der Waals surface area contributed by atoms with E-state index < -0.39 is 0 Å². The lowest BCUT2D eigenvalue weighted by atomic mass is 10.1. The number of allylic oxidation sites excluding steroid dienone is 1. The van der Waals surface area contributed by atoms with Gasteiger partial charge in [-0.05, 0) is 30.2 Å². The smallest absolute Gasteiger partial charge is 0.189 e. The molecule has 1 aromatic heterocycles. The number of ketones is 1. The molecule has 1 heterocycles. The first-order chi connectivity index (χ1) is 9.61. The van der Waals surface area contributed by atoms with E-state index in [4.69, 9.17) is 5.26 Å². The molecule has 0 spiro atoms. The first kappa shape index (κ1) is 12.4. The van der Waals surface area contributed by atoms with E-state index in [2.05, 4.69) is 6.07 Å². The molecule has 3 nitrogen and oxygen atoms in total. The molecule has 1 aliphatic rings. The quantitative estimate of drug-likeness (QED) is 0.741. The minimum atomic E-state index is 0.0994. The standard InChI is InChI=1S/C17H14N2O/c1-11-13(9-15(10-18)19(11)2)8-14-7-12-5-3-4-6-16(12)17(14)20/h3-6,8-9H,7H2,1-2H3/b14-8+. The van der Waals surface area contributed by atoms with E-state index in [9.17, 15) is 4.79 Å². The Hall–Kier alpha value is -2.60. The van der Waals surface area contributed by atoms with Crippen molar-refractivity contribution in [2.45, 2.75) is 13.3 Å². The van der Waals surface area contributed by atoms with Gasteiger partial charge in [-0.15, -0.1) is 0 Å². The Morgan fingerprint density at radius 1 is 1.35 bits per heavy atom. The van der Waals surface area contributed by atoms with Crippen molar-refractivity contribution in [3.63, 3.8) is 0 Å². The van der Waals surface area contributed by atoms with Gasteiger partial charge in [0.05, 0.1) is 0 Å². The molecule has 0 unspecified atom stereocenters. The summed E-state index contributed by atoms with van der Waals surface area (Å²) < 4.78 is 1.85. The van der Waals surface area contributed by atoms with Crippen LogP contribution in [0.3, 0.4) is 0 Å². The minimum absolute atomic E-state index is 0.0994. The summed E-state index contributed by atoms with van der Waals surface area (Å²) in [5, 5.41) is 9.05. The largest absolute Gasteiger partial charge is 0.339 e. The predicted octanol–water partition coefficient (Wildman–Crippen LogP) is 3.03. The Balaban J connectivity index is 2.04. The summed E-state index contributed by atoms with van der Waals surface area (Å²) in [6, 6.07) is 11.7. The summed E-state index contributed by atoms with van der Waals surface area (Å²) in [7, 11) is 1.86.